The summed E-state index contributed by atoms with van der Waals surface area (Å²) in [5.74, 6) is 0. The smallest absolute Gasteiger partial charge is 0.288 e. The summed E-state index contributed by atoms with van der Waals surface area (Å²) in [6.45, 7) is 3.63. The van der Waals surface area contributed by atoms with Crippen LogP contribution in [0.1, 0.15) is 19.0 Å². The van der Waals surface area contributed by atoms with Crippen LogP contribution in [-0.2, 0) is 6.54 Å². The van der Waals surface area contributed by atoms with Crippen LogP contribution in [0.5, 0.6) is 0 Å². The van der Waals surface area contributed by atoms with Gasteiger partial charge in [0.1, 0.15) is 5.02 Å². The molecule has 2 aromatic rings. The van der Waals surface area contributed by atoms with Crippen molar-refractivity contribution in [1.29, 1.82) is 0 Å². The van der Waals surface area contributed by atoms with Crippen molar-refractivity contribution in [2.75, 3.05) is 6.54 Å². The van der Waals surface area contributed by atoms with E-state index in [0.717, 1.165) is 18.7 Å². The predicted molar refractivity (Wildman–Crippen MR) is 75.0 cm³/mol. The van der Waals surface area contributed by atoms with E-state index in [-0.39, 0.29) is 10.7 Å². The van der Waals surface area contributed by atoms with Gasteiger partial charge in [0.05, 0.1) is 22.5 Å². The molecule has 1 N–H and O–H groups in total. The summed E-state index contributed by atoms with van der Waals surface area (Å²) in [6, 6.07) is 4.44. The standard InChI is InChI=1S/C12H14ClN5O2/c1-2-5-14-7-9-8-17(16-15-9)10-3-4-12(18(19)20)11(13)6-10/h3-4,6,8,14H,2,5,7H2,1H3. The highest BCUT2D eigenvalue weighted by Gasteiger charge is 2.13. The van der Waals surface area contributed by atoms with E-state index in [9.17, 15) is 10.1 Å². The van der Waals surface area contributed by atoms with E-state index >= 15 is 0 Å². The fourth-order valence-corrected chi connectivity index (χ4v) is 1.93. The zero-order valence-corrected chi connectivity index (χ0v) is 11.7. The first-order valence-electron chi connectivity index (χ1n) is 6.18. The molecule has 20 heavy (non-hydrogen) atoms. The molecule has 0 fully saturated rings. The maximum absolute atomic E-state index is 10.7. The Kier molecular flexibility index (Phi) is 4.65. The second-order valence-corrected chi connectivity index (χ2v) is 4.63. The number of benzene rings is 1. The third-order valence-corrected chi connectivity index (χ3v) is 2.97. The van der Waals surface area contributed by atoms with E-state index in [4.69, 9.17) is 11.6 Å². The molecule has 1 heterocycles. The first-order valence-corrected chi connectivity index (χ1v) is 6.56. The minimum Gasteiger partial charge on any atom is -0.311 e. The van der Waals surface area contributed by atoms with Crippen molar-refractivity contribution >= 4 is 17.3 Å². The molecule has 106 valence electrons. The quantitative estimate of drug-likeness (QED) is 0.502. The molecular weight excluding hydrogens is 282 g/mol. The van der Waals surface area contributed by atoms with Gasteiger partial charge in [0, 0.05) is 12.6 Å². The number of aromatic nitrogens is 3. The third kappa shape index (κ3) is 3.31. The van der Waals surface area contributed by atoms with Crippen molar-refractivity contribution in [2.45, 2.75) is 19.9 Å². The van der Waals surface area contributed by atoms with Crippen LogP contribution >= 0.6 is 11.6 Å². The predicted octanol–water partition coefficient (Wildman–Crippen LogP) is 2.33. The van der Waals surface area contributed by atoms with Crippen LogP contribution in [0.3, 0.4) is 0 Å². The van der Waals surface area contributed by atoms with E-state index < -0.39 is 4.92 Å². The van der Waals surface area contributed by atoms with E-state index in [2.05, 4.69) is 22.6 Å². The summed E-state index contributed by atoms with van der Waals surface area (Å²) in [6.07, 6.45) is 2.81. The molecule has 0 bridgehead atoms. The molecule has 0 radical (unpaired) electrons. The number of nitro benzene ring substituents is 1. The third-order valence-electron chi connectivity index (χ3n) is 2.67. The first-order chi connectivity index (χ1) is 9.61. The fourth-order valence-electron chi connectivity index (χ4n) is 1.69. The molecule has 1 aromatic carbocycles. The molecule has 0 atom stereocenters. The molecular formula is C12H14ClN5O2. The highest BCUT2D eigenvalue weighted by Crippen LogP contribution is 2.26. The molecule has 2 rings (SSSR count). The van der Waals surface area contributed by atoms with Crippen molar-refractivity contribution in [1.82, 2.24) is 20.3 Å². The minimum absolute atomic E-state index is 0.0775. The normalized spacial score (nSPS) is 10.7. The molecule has 0 spiro atoms. The molecule has 0 saturated carbocycles. The van der Waals surface area contributed by atoms with E-state index in [0.29, 0.717) is 12.2 Å². The van der Waals surface area contributed by atoms with Gasteiger partial charge in [-0.25, -0.2) is 4.68 Å². The van der Waals surface area contributed by atoms with E-state index in [1.807, 2.05) is 0 Å². The van der Waals surface area contributed by atoms with Gasteiger partial charge in [0.2, 0.25) is 0 Å². The highest BCUT2D eigenvalue weighted by molar-refractivity contribution is 6.32. The lowest BCUT2D eigenvalue weighted by atomic mass is 10.3. The van der Waals surface area contributed by atoms with Crippen LogP contribution in [-0.4, -0.2) is 26.5 Å². The monoisotopic (exact) mass is 295 g/mol. The second kappa shape index (κ2) is 6.44. The lowest BCUT2D eigenvalue weighted by Gasteiger charge is -2.01. The summed E-state index contributed by atoms with van der Waals surface area (Å²) in [7, 11) is 0. The summed E-state index contributed by atoms with van der Waals surface area (Å²) in [5, 5.41) is 22.0. The summed E-state index contributed by atoms with van der Waals surface area (Å²) < 4.78 is 1.54. The Balaban J connectivity index is 2.15. The van der Waals surface area contributed by atoms with E-state index in [1.165, 1.54) is 12.1 Å². The summed E-state index contributed by atoms with van der Waals surface area (Å²) >= 11 is 5.87. The van der Waals surface area contributed by atoms with Gasteiger partial charge in [0.25, 0.3) is 5.69 Å². The largest absolute Gasteiger partial charge is 0.311 e. The zero-order chi connectivity index (χ0) is 14.5. The van der Waals surface area contributed by atoms with Crippen LogP contribution in [0.2, 0.25) is 5.02 Å². The molecule has 7 nitrogen and oxygen atoms in total. The van der Waals surface area contributed by atoms with Gasteiger partial charge in [-0.05, 0) is 25.1 Å². The maximum Gasteiger partial charge on any atom is 0.288 e. The lowest BCUT2D eigenvalue weighted by Crippen LogP contribution is -2.13. The van der Waals surface area contributed by atoms with Gasteiger partial charge in [0.15, 0.2) is 0 Å². The Hall–Kier alpha value is -1.99. The molecule has 0 unspecified atom stereocenters. The second-order valence-electron chi connectivity index (χ2n) is 4.22. The summed E-state index contributed by atoms with van der Waals surface area (Å²) in [5.41, 5.74) is 1.31. The van der Waals surface area contributed by atoms with Crippen LogP contribution in [0.15, 0.2) is 24.4 Å². The topological polar surface area (TPSA) is 85.9 Å². The van der Waals surface area contributed by atoms with Crippen molar-refractivity contribution < 1.29 is 4.92 Å². The van der Waals surface area contributed by atoms with Gasteiger partial charge >= 0.3 is 0 Å². The van der Waals surface area contributed by atoms with Crippen molar-refractivity contribution in [3.8, 4) is 5.69 Å². The van der Waals surface area contributed by atoms with Crippen molar-refractivity contribution in [2.24, 2.45) is 0 Å². The minimum atomic E-state index is -0.520. The van der Waals surface area contributed by atoms with Crippen molar-refractivity contribution in [3.63, 3.8) is 0 Å². The van der Waals surface area contributed by atoms with Crippen LogP contribution in [0, 0.1) is 10.1 Å². The molecule has 0 saturated heterocycles. The molecule has 0 aliphatic rings. The van der Waals surface area contributed by atoms with Crippen LogP contribution in [0.4, 0.5) is 5.69 Å². The summed E-state index contributed by atoms with van der Waals surface area (Å²) in [4.78, 5) is 10.2. The number of halogens is 1. The van der Waals surface area contributed by atoms with Gasteiger partial charge in [-0.3, -0.25) is 10.1 Å². The van der Waals surface area contributed by atoms with Crippen molar-refractivity contribution in [3.05, 3.63) is 45.2 Å². The number of hydrogen-bond acceptors (Lipinski definition) is 5. The Bertz CT molecular complexity index is 614. The van der Waals surface area contributed by atoms with Crippen LogP contribution < -0.4 is 5.32 Å². The Morgan fingerprint density at radius 1 is 1.50 bits per heavy atom. The lowest BCUT2D eigenvalue weighted by molar-refractivity contribution is -0.384. The number of nitro groups is 1. The Labute approximate surface area is 120 Å². The maximum atomic E-state index is 10.7. The fraction of sp³-hybridized carbons (Fsp3) is 0.333. The number of rotatable bonds is 6. The Morgan fingerprint density at radius 2 is 2.30 bits per heavy atom. The van der Waals surface area contributed by atoms with Gasteiger partial charge in [-0.15, -0.1) is 5.10 Å². The average molecular weight is 296 g/mol. The molecule has 0 aliphatic heterocycles. The molecule has 8 heteroatoms. The number of nitrogens with zero attached hydrogens (tertiary/aromatic N) is 4. The van der Waals surface area contributed by atoms with E-state index in [1.54, 1.807) is 16.9 Å². The Morgan fingerprint density at radius 3 is 2.95 bits per heavy atom. The number of nitrogens with one attached hydrogen (secondary N) is 1. The van der Waals surface area contributed by atoms with Crippen LogP contribution in [0.25, 0.3) is 5.69 Å². The number of hydrogen-bond donors (Lipinski definition) is 1. The molecule has 1 aromatic heterocycles. The molecule has 0 amide bonds. The SMILES string of the molecule is CCCNCc1cn(-c2ccc([N+](=O)[O-])c(Cl)c2)nn1. The zero-order valence-electron chi connectivity index (χ0n) is 10.9. The first kappa shape index (κ1) is 14.4. The van der Waals surface area contributed by atoms with Gasteiger partial charge in [-0.2, -0.15) is 0 Å². The van der Waals surface area contributed by atoms with Gasteiger partial charge in [-0.1, -0.05) is 23.7 Å². The highest BCUT2D eigenvalue weighted by atomic mass is 35.5. The van der Waals surface area contributed by atoms with Gasteiger partial charge < -0.3 is 5.32 Å². The average Bonchev–Trinajstić information content (AvgIpc) is 2.87. The molecule has 0 aliphatic carbocycles.